The largest absolute Gasteiger partial charge is 0.383 e. The van der Waals surface area contributed by atoms with Crippen LogP contribution in [0.25, 0.3) is 0 Å². The minimum Gasteiger partial charge on any atom is -0.383 e. The lowest BCUT2D eigenvalue weighted by molar-refractivity contribution is 1.02. The number of nitrogens with two attached hydrogens (primary N) is 1. The molecular formula is C11H13N3S. The van der Waals surface area contributed by atoms with Crippen molar-refractivity contribution in [3.05, 3.63) is 42.0 Å². The van der Waals surface area contributed by atoms with Gasteiger partial charge in [-0.2, -0.15) is 4.37 Å². The highest BCUT2D eigenvalue weighted by molar-refractivity contribution is 7.10. The van der Waals surface area contributed by atoms with E-state index in [1.165, 1.54) is 17.1 Å². The van der Waals surface area contributed by atoms with Crippen molar-refractivity contribution < 1.29 is 0 Å². The molecular weight excluding hydrogens is 206 g/mol. The fourth-order valence-electron chi connectivity index (χ4n) is 1.35. The zero-order valence-electron chi connectivity index (χ0n) is 8.31. The van der Waals surface area contributed by atoms with Crippen LogP contribution in [-0.2, 0) is 6.42 Å². The van der Waals surface area contributed by atoms with Gasteiger partial charge in [-0.15, -0.1) is 0 Å². The van der Waals surface area contributed by atoms with Gasteiger partial charge < -0.3 is 11.1 Å². The number of hydrogen-bond donors (Lipinski definition) is 2. The topological polar surface area (TPSA) is 50.9 Å². The minimum atomic E-state index is 0.585. The molecule has 0 saturated heterocycles. The van der Waals surface area contributed by atoms with Crippen LogP contribution in [0.15, 0.2) is 36.4 Å². The van der Waals surface area contributed by atoms with Gasteiger partial charge in [0.2, 0.25) is 0 Å². The van der Waals surface area contributed by atoms with E-state index in [0.717, 1.165) is 18.0 Å². The number of hydrogen-bond acceptors (Lipinski definition) is 4. The van der Waals surface area contributed by atoms with E-state index in [2.05, 4.69) is 34.0 Å². The molecule has 0 fully saturated rings. The van der Waals surface area contributed by atoms with Gasteiger partial charge in [0.15, 0.2) is 0 Å². The Balaban J connectivity index is 1.80. The van der Waals surface area contributed by atoms with Crippen LogP contribution in [0.3, 0.4) is 0 Å². The Morgan fingerprint density at radius 3 is 2.73 bits per heavy atom. The van der Waals surface area contributed by atoms with E-state index in [1.807, 2.05) is 12.1 Å². The SMILES string of the molecule is Nc1cc(NCCc2ccccc2)sn1. The second-order valence-corrected chi connectivity index (χ2v) is 4.08. The Kier molecular flexibility index (Phi) is 3.19. The number of rotatable bonds is 4. The molecule has 78 valence electrons. The van der Waals surface area contributed by atoms with Crippen LogP contribution < -0.4 is 11.1 Å². The molecule has 0 radical (unpaired) electrons. The van der Waals surface area contributed by atoms with Gasteiger partial charge in [0.1, 0.15) is 10.8 Å². The Morgan fingerprint density at radius 1 is 1.27 bits per heavy atom. The van der Waals surface area contributed by atoms with E-state index in [0.29, 0.717) is 5.82 Å². The summed E-state index contributed by atoms with van der Waals surface area (Å²) >= 11 is 1.40. The van der Waals surface area contributed by atoms with Gasteiger partial charge in [0.25, 0.3) is 0 Å². The van der Waals surface area contributed by atoms with Crippen LogP contribution >= 0.6 is 11.5 Å². The summed E-state index contributed by atoms with van der Waals surface area (Å²) in [6.45, 7) is 0.908. The van der Waals surface area contributed by atoms with E-state index >= 15 is 0 Å². The van der Waals surface area contributed by atoms with Crippen molar-refractivity contribution in [2.24, 2.45) is 0 Å². The van der Waals surface area contributed by atoms with Crippen molar-refractivity contribution in [2.45, 2.75) is 6.42 Å². The molecule has 1 aromatic heterocycles. The van der Waals surface area contributed by atoms with Crippen LogP contribution in [0.1, 0.15) is 5.56 Å². The molecule has 3 nitrogen and oxygen atoms in total. The average molecular weight is 219 g/mol. The van der Waals surface area contributed by atoms with Gasteiger partial charge in [-0.1, -0.05) is 30.3 Å². The van der Waals surface area contributed by atoms with Crippen molar-refractivity contribution >= 4 is 22.4 Å². The fraction of sp³-hybridized carbons (Fsp3) is 0.182. The summed E-state index contributed by atoms with van der Waals surface area (Å²) in [7, 11) is 0. The maximum Gasteiger partial charge on any atom is 0.139 e. The number of anilines is 2. The normalized spacial score (nSPS) is 10.1. The van der Waals surface area contributed by atoms with Crippen LogP contribution in [0.4, 0.5) is 10.8 Å². The third-order valence-corrected chi connectivity index (χ3v) is 2.85. The zero-order chi connectivity index (χ0) is 10.5. The molecule has 0 amide bonds. The number of benzene rings is 1. The average Bonchev–Trinajstić information content (AvgIpc) is 2.66. The summed E-state index contributed by atoms with van der Waals surface area (Å²) in [6.07, 6.45) is 1.01. The van der Waals surface area contributed by atoms with Gasteiger partial charge in [-0.05, 0) is 23.5 Å². The molecule has 15 heavy (non-hydrogen) atoms. The molecule has 0 spiro atoms. The van der Waals surface area contributed by atoms with E-state index in [1.54, 1.807) is 0 Å². The maximum atomic E-state index is 5.52. The summed E-state index contributed by atoms with van der Waals surface area (Å²) < 4.78 is 4.00. The maximum absolute atomic E-state index is 5.52. The summed E-state index contributed by atoms with van der Waals surface area (Å²) in [5.74, 6) is 0.585. The van der Waals surface area contributed by atoms with Gasteiger partial charge in [0, 0.05) is 12.6 Å². The highest BCUT2D eigenvalue weighted by Crippen LogP contribution is 2.17. The smallest absolute Gasteiger partial charge is 0.139 e. The molecule has 3 N–H and O–H groups in total. The summed E-state index contributed by atoms with van der Waals surface area (Å²) in [6, 6.07) is 12.3. The molecule has 0 aliphatic carbocycles. The molecule has 2 aromatic rings. The van der Waals surface area contributed by atoms with Gasteiger partial charge in [-0.3, -0.25) is 0 Å². The second kappa shape index (κ2) is 4.79. The van der Waals surface area contributed by atoms with Gasteiger partial charge in [0.05, 0.1) is 0 Å². The van der Waals surface area contributed by atoms with Crippen LogP contribution in [0.2, 0.25) is 0 Å². The van der Waals surface area contributed by atoms with Crippen molar-refractivity contribution in [1.29, 1.82) is 0 Å². The molecule has 0 aliphatic heterocycles. The third-order valence-electron chi connectivity index (χ3n) is 2.08. The predicted molar refractivity (Wildman–Crippen MR) is 65.2 cm³/mol. The first-order valence-electron chi connectivity index (χ1n) is 4.84. The molecule has 2 rings (SSSR count). The first-order valence-corrected chi connectivity index (χ1v) is 5.62. The molecule has 0 aliphatic rings. The van der Waals surface area contributed by atoms with E-state index in [-0.39, 0.29) is 0 Å². The summed E-state index contributed by atoms with van der Waals surface area (Å²) in [5.41, 5.74) is 6.86. The Hall–Kier alpha value is -1.55. The number of aromatic nitrogens is 1. The lowest BCUT2D eigenvalue weighted by Gasteiger charge is -2.02. The predicted octanol–water partition coefficient (Wildman–Crippen LogP) is 2.38. The summed E-state index contributed by atoms with van der Waals surface area (Å²) in [5, 5.41) is 4.32. The Bertz CT molecular complexity index is 411. The number of nitrogens with zero attached hydrogens (tertiary/aromatic N) is 1. The molecule has 0 saturated carbocycles. The zero-order valence-corrected chi connectivity index (χ0v) is 9.13. The first kappa shape index (κ1) is 9.98. The van der Waals surface area contributed by atoms with Crippen molar-refractivity contribution in [3.8, 4) is 0 Å². The van der Waals surface area contributed by atoms with Crippen molar-refractivity contribution in [3.63, 3.8) is 0 Å². The number of nitrogen functional groups attached to an aromatic ring is 1. The van der Waals surface area contributed by atoms with Crippen molar-refractivity contribution in [1.82, 2.24) is 4.37 Å². The van der Waals surface area contributed by atoms with Crippen LogP contribution in [-0.4, -0.2) is 10.9 Å². The molecule has 4 heteroatoms. The third kappa shape index (κ3) is 2.95. The lowest BCUT2D eigenvalue weighted by Crippen LogP contribution is -2.03. The quantitative estimate of drug-likeness (QED) is 0.830. The monoisotopic (exact) mass is 219 g/mol. The molecule has 0 atom stereocenters. The first-order chi connectivity index (χ1) is 7.34. The van der Waals surface area contributed by atoms with Gasteiger partial charge in [-0.25, -0.2) is 0 Å². The van der Waals surface area contributed by atoms with Crippen LogP contribution in [0, 0.1) is 0 Å². The highest BCUT2D eigenvalue weighted by Gasteiger charge is 1.97. The molecule has 1 aromatic carbocycles. The van der Waals surface area contributed by atoms with E-state index in [4.69, 9.17) is 5.73 Å². The fourth-order valence-corrected chi connectivity index (χ4v) is 1.94. The van der Waals surface area contributed by atoms with E-state index in [9.17, 15) is 0 Å². The standard InChI is InChI=1S/C11H13N3S/c12-10-8-11(15-14-10)13-7-6-9-4-2-1-3-5-9/h1-5,8,13H,6-7H2,(H2,12,14). The van der Waals surface area contributed by atoms with E-state index < -0.39 is 0 Å². The Labute approximate surface area is 93.1 Å². The number of nitrogens with one attached hydrogen (secondary N) is 1. The highest BCUT2D eigenvalue weighted by atomic mass is 32.1. The lowest BCUT2D eigenvalue weighted by atomic mass is 10.1. The molecule has 0 unspecified atom stereocenters. The summed E-state index contributed by atoms with van der Waals surface area (Å²) in [4.78, 5) is 0. The Morgan fingerprint density at radius 2 is 2.07 bits per heavy atom. The second-order valence-electron chi connectivity index (χ2n) is 3.28. The molecule has 1 heterocycles. The van der Waals surface area contributed by atoms with Crippen molar-refractivity contribution in [2.75, 3.05) is 17.6 Å². The van der Waals surface area contributed by atoms with Gasteiger partial charge >= 0.3 is 0 Å². The van der Waals surface area contributed by atoms with Crippen LogP contribution in [0.5, 0.6) is 0 Å². The minimum absolute atomic E-state index is 0.585. The molecule has 0 bridgehead atoms.